The zero-order valence-corrected chi connectivity index (χ0v) is 14.1. The van der Waals surface area contributed by atoms with Crippen LogP contribution in [0.3, 0.4) is 0 Å². The minimum Gasteiger partial charge on any atom is -0.497 e. The third kappa shape index (κ3) is 2.48. The van der Waals surface area contributed by atoms with Gasteiger partial charge in [-0.25, -0.2) is 0 Å². The zero-order valence-electron chi connectivity index (χ0n) is 14.1. The summed E-state index contributed by atoms with van der Waals surface area (Å²) in [4.78, 5) is 0. The molecule has 21 heavy (non-hydrogen) atoms. The summed E-state index contributed by atoms with van der Waals surface area (Å²) in [7, 11) is 1.72. The van der Waals surface area contributed by atoms with E-state index in [0.717, 1.165) is 17.6 Å². The minimum atomic E-state index is 0.499. The van der Waals surface area contributed by atoms with Gasteiger partial charge in [0.15, 0.2) is 0 Å². The Hall–Kier alpha value is -1.02. The van der Waals surface area contributed by atoms with E-state index in [1.54, 1.807) is 7.11 Å². The lowest BCUT2D eigenvalue weighted by Crippen LogP contribution is -2.41. The summed E-state index contributed by atoms with van der Waals surface area (Å²) >= 11 is 0. The molecule has 0 aromatic heterocycles. The minimum absolute atomic E-state index is 0.499. The van der Waals surface area contributed by atoms with Crippen LogP contribution >= 0.6 is 0 Å². The molecule has 1 aromatic carbocycles. The van der Waals surface area contributed by atoms with Gasteiger partial charge in [0.25, 0.3) is 0 Å². The quantitative estimate of drug-likeness (QED) is 0.876. The first-order valence-corrected chi connectivity index (χ1v) is 8.23. The third-order valence-corrected chi connectivity index (χ3v) is 6.66. The highest BCUT2D eigenvalue weighted by Gasteiger charge is 2.64. The molecule has 116 valence electrons. The molecule has 2 saturated carbocycles. The fourth-order valence-electron chi connectivity index (χ4n) is 4.06. The zero-order chi connectivity index (χ0) is 15.3. The Kier molecular flexibility index (Phi) is 3.56. The Morgan fingerprint density at radius 2 is 1.62 bits per heavy atom. The molecule has 0 bridgehead atoms. The second kappa shape index (κ2) is 5.01. The first kappa shape index (κ1) is 14.9. The molecule has 2 fully saturated rings. The molecule has 2 nitrogen and oxygen atoms in total. The van der Waals surface area contributed by atoms with Gasteiger partial charge in [-0.3, -0.25) is 0 Å². The molecule has 2 aliphatic carbocycles. The average molecular weight is 287 g/mol. The maximum absolute atomic E-state index is 5.22. The van der Waals surface area contributed by atoms with Gasteiger partial charge in [0.1, 0.15) is 5.75 Å². The second-order valence-corrected chi connectivity index (χ2v) is 8.04. The maximum atomic E-state index is 5.22. The van der Waals surface area contributed by atoms with Crippen molar-refractivity contribution in [1.29, 1.82) is 0 Å². The van der Waals surface area contributed by atoms with E-state index in [0.29, 0.717) is 16.9 Å². The number of hydrogen-bond donors (Lipinski definition) is 1. The third-order valence-electron chi connectivity index (χ3n) is 6.66. The van der Waals surface area contributed by atoms with Crippen molar-refractivity contribution in [1.82, 2.24) is 5.32 Å². The van der Waals surface area contributed by atoms with Gasteiger partial charge < -0.3 is 10.1 Å². The Bertz CT molecular complexity index is 483. The molecule has 0 aliphatic heterocycles. The summed E-state index contributed by atoms with van der Waals surface area (Å²) in [6.07, 6.45) is 2.56. The van der Waals surface area contributed by atoms with Crippen molar-refractivity contribution in [3.8, 4) is 5.75 Å². The predicted molar refractivity (Wildman–Crippen MR) is 87.8 cm³/mol. The first-order valence-electron chi connectivity index (χ1n) is 8.23. The number of rotatable bonds is 5. The number of ether oxygens (including phenoxy) is 1. The molecule has 0 saturated heterocycles. The maximum Gasteiger partial charge on any atom is 0.118 e. The molecule has 0 atom stereocenters. The van der Waals surface area contributed by atoms with E-state index < -0.39 is 0 Å². The van der Waals surface area contributed by atoms with Crippen molar-refractivity contribution in [2.24, 2.45) is 16.7 Å². The van der Waals surface area contributed by atoms with Crippen LogP contribution in [-0.2, 0) is 0 Å². The van der Waals surface area contributed by atoms with E-state index in [1.807, 2.05) is 0 Å². The molecule has 0 amide bonds. The molecule has 1 aromatic rings. The Morgan fingerprint density at radius 1 is 1.05 bits per heavy atom. The first-order chi connectivity index (χ1) is 9.86. The lowest BCUT2D eigenvalue weighted by Gasteiger charge is -2.36. The highest BCUT2D eigenvalue weighted by atomic mass is 16.5. The van der Waals surface area contributed by atoms with Crippen molar-refractivity contribution in [3.05, 3.63) is 29.8 Å². The van der Waals surface area contributed by atoms with Crippen LogP contribution in [0, 0.1) is 16.7 Å². The number of methoxy groups -OCH3 is 1. The van der Waals surface area contributed by atoms with E-state index in [4.69, 9.17) is 4.74 Å². The van der Waals surface area contributed by atoms with E-state index in [1.165, 1.54) is 24.9 Å². The SMILES string of the molecule is COc1ccc(C2CC(NCC3C(C)(C)C3(C)C)C2)cc1. The van der Waals surface area contributed by atoms with E-state index in [9.17, 15) is 0 Å². The molecule has 2 heteroatoms. The largest absolute Gasteiger partial charge is 0.497 e. The van der Waals surface area contributed by atoms with Crippen molar-refractivity contribution in [2.75, 3.05) is 13.7 Å². The van der Waals surface area contributed by atoms with Gasteiger partial charge in [-0.15, -0.1) is 0 Å². The number of nitrogens with one attached hydrogen (secondary N) is 1. The molecule has 1 N–H and O–H groups in total. The summed E-state index contributed by atoms with van der Waals surface area (Å²) < 4.78 is 5.22. The standard InChI is InChI=1S/C19H29NO/c1-18(2)17(19(18,3)4)12-20-15-10-14(11-15)13-6-8-16(21-5)9-7-13/h6-9,14-15,17,20H,10-12H2,1-5H3. The topological polar surface area (TPSA) is 21.3 Å². The van der Waals surface area contributed by atoms with Crippen molar-refractivity contribution < 1.29 is 4.74 Å². The molecular weight excluding hydrogens is 258 g/mol. The van der Waals surface area contributed by atoms with Gasteiger partial charge in [0, 0.05) is 6.04 Å². The predicted octanol–water partition coefficient (Wildman–Crippen LogP) is 4.21. The van der Waals surface area contributed by atoms with E-state index in [2.05, 4.69) is 57.3 Å². The van der Waals surface area contributed by atoms with Crippen LogP contribution in [0.4, 0.5) is 0 Å². The lowest BCUT2D eigenvalue weighted by atomic mass is 9.76. The van der Waals surface area contributed by atoms with Gasteiger partial charge in [0.2, 0.25) is 0 Å². The monoisotopic (exact) mass is 287 g/mol. The number of benzene rings is 1. The molecule has 0 radical (unpaired) electrons. The highest BCUT2D eigenvalue weighted by Crippen LogP contribution is 2.68. The molecule has 0 heterocycles. The molecular formula is C19H29NO. The summed E-state index contributed by atoms with van der Waals surface area (Å²) in [5.74, 6) is 2.50. The van der Waals surface area contributed by atoms with Gasteiger partial charge in [-0.05, 0) is 59.7 Å². The lowest BCUT2D eigenvalue weighted by molar-refractivity contribution is 0.282. The van der Waals surface area contributed by atoms with Crippen LogP contribution in [0.25, 0.3) is 0 Å². The Morgan fingerprint density at radius 3 is 2.10 bits per heavy atom. The van der Waals surface area contributed by atoms with Crippen LogP contribution in [0.5, 0.6) is 5.75 Å². The van der Waals surface area contributed by atoms with E-state index >= 15 is 0 Å². The molecule has 0 unspecified atom stereocenters. The van der Waals surface area contributed by atoms with Gasteiger partial charge >= 0.3 is 0 Å². The van der Waals surface area contributed by atoms with Crippen molar-refractivity contribution in [2.45, 2.75) is 52.5 Å². The van der Waals surface area contributed by atoms with Crippen LogP contribution < -0.4 is 10.1 Å². The summed E-state index contributed by atoms with van der Waals surface area (Å²) in [6, 6.07) is 9.29. The normalized spacial score (nSPS) is 29.8. The number of hydrogen-bond acceptors (Lipinski definition) is 2. The van der Waals surface area contributed by atoms with Gasteiger partial charge in [0.05, 0.1) is 7.11 Å². The fraction of sp³-hybridized carbons (Fsp3) is 0.684. The van der Waals surface area contributed by atoms with Crippen LogP contribution in [0.15, 0.2) is 24.3 Å². The second-order valence-electron chi connectivity index (χ2n) is 8.04. The summed E-state index contributed by atoms with van der Waals surface area (Å²) in [6.45, 7) is 10.8. The fourth-order valence-corrected chi connectivity index (χ4v) is 4.06. The van der Waals surface area contributed by atoms with Gasteiger partial charge in [-0.1, -0.05) is 39.8 Å². The Balaban J connectivity index is 1.44. The highest BCUT2D eigenvalue weighted by molar-refractivity contribution is 5.31. The molecule has 0 spiro atoms. The van der Waals surface area contributed by atoms with Gasteiger partial charge in [-0.2, -0.15) is 0 Å². The van der Waals surface area contributed by atoms with Crippen molar-refractivity contribution in [3.63, 3.8) is 0 Å². The van der Waals surface area contributed by atoms with E-state index in [-0.39, 0.29) is 0 Å². The smallest absolute Gasteiger partial charge is 0.118 e. The molecule has 2 aliphatic rings. The summed E-state index contributed by atoms with van der Waals surface area (Å²) in [5, 5.41) is 3.79. The van der Waals surface area contributed by atoms with Crippen LogP contribution in [-0.4, -0.2) is 19.7 Å². The van der Waals surface area contributed by atoms with Crippen molar-refractivity contribution >= 4 is 0 Å². The Labute approximate surface area is 129 Å². The van der Waals surface area contributed by atoms with Crippen LogP contribution in [0.1, 0.15) is 52.0 Å². The average Bonchev–Trinajstić information content (AvgIpc) is 2.79. The van der Waals surface area contributed by atoms with Crippen LogP contribution in [0.2, 0.25) is 0 Å². The summed E-state index contributed by atoms with van der Waals surface area (Å²) in [5.41, 5.74) is 2.46. The molecule has 3 rings (SSSR count).